The molecule has 7 nitrogen and oxygen atoms in total. The van der Waals surface area contributed by atoms with Crippen molar-refractivity contribution in [2.45, 2.75) is 13.1 Å². The highest BCUT2D eigenvalue weighted by Crippen LogP contribution is 2.29. The van der Waals surface area contributed by atoms with Gasteiger partial charge in [0.2, 0.25) is 5.71 Å². The maximum atomic E-state index is 10.7. The summed E-state index contributed by atoms with van der Waals surface area (Å²) in [7, 11) is 7.65. The van der Waals surface area contributed by atoms with E-state index in [0.29, 0.717) is 18.7 Å². The van der Waals surface area contributed by atoms with Crippen LogP contribution in [0.5, 0.6) is 5.75 Å². The van der Waals surface area contributed by atoms with Gasteiger partial charge in [-0.1, -0.05) is 6.08 Å². The van der Waals surface area contributed by atoms with Crippen LogP contribution in [0.25, 0.3) is 5.76 Å². The van der Waals surface area contributed by atoms with Crippen molar-refractivity contribution in [2.75, 3.05) is 28.2 Å². The van der Waals surface area contributed by atoms with Gasteiger partial charge in [-0.3, -0.25) is 0 Å². The lowest BCUT2D eigenvalue weighted by atomic mass is 10.0. The average molecular weight is 384 g/mol. The lowest BCUT2D eigenvalue weighted by molar-refractivity contribution is -0.377. The zero-order valence-electron chi connectivity index (χ0n) is 16.6. The molecular formula is C21H26N3O4-. The number of aromatic hydroxyl groups is 1. The summed E-state index contributed by atoms with van der Waals surface area (Å²) in [6.45, 7) is 1.08. The fraction of sp³-hybridized carbons (Fsp3) is 0.286. The third kappa shape index (κ3) is 5.73. The van der Waals surface area contributed by atoms with Crippen LogP contribution in [-0.2, 0) is 13.1 Å². The Morgan fingerprint density at radius 3 is 1.89 bits per heavy atom. The van der Waals surface area contributed by atoms with Gasteiger partial charge in [-0.05, 0) is 64.1 Å². The van der Waals surface area contributed by atoms with Crippen LogP contribution in [0.1, 0.15) is 16.7 Å². The molecule has 1 aromatic carbocycles. The normalized spacial score (nSPS) is 14.3. The molecule has 28 heavy (non-hydrogen) atoms. The van der Waals surface area contributed by atoms with Gasteiger partial charge in [-0.2, -0.15) is 4.90 Å². The second-order valence-corrected chi connectivity index (χ2v) is 7.19. The highest BCUT2D eigenvalue weighted by atomic mass is 16.8. The van der Waals surface area contributed by atoms with Crippen LogP contribution in [0.2, 0.25) is 0 Å². The molecule has 0 fully saturated rings. The Morgan fingerprint density at radius 1 is 0.964 bits per heavy atom. The van der Waals surface area contributed by atoms with Crippen LogP contribution in [0.4, 0.5) is 0 Å². The Labute approximate surface area is 165 Å². The van der Waals surface area contributed by atoms with Crippen molar-refractivity contribution in [1.82, 2.24) is 9.80 Å². The fourth-order valence-electron chi connectivity index (χ4n) is 2.81. The van der Waals surface area contributed by atoms with E-state index in [1.807, 2.05) is 38.0 Å². The van der Waals surface area contributed by atoms with Gasteiger partial charge < -0.3 is 30.4 Å². The van der Waals surface area contributed by atoms with Crippen LogP contribution in [0.3, 0.4) is 0 Å². The second kappa shape index (κ2) is 9.25. The molecule has 0 aliphatic heterocycles. The first-order valence-electron chi connectivity index (χ1n) is 8.80. The van der Waals surface area contributed by atoms with Crippen LogP contribution in [0.15, 0.2) is 54.2 Å². The van der Waals surface area contributed by atoms with Crippen molar-refractivity contribution in [2.24, 2.45) is 0 Å². The molecule has 0 spiro atoms. The average Bonchev–Trinajstić information content (AvgIpc) is 2.62. The molecule has 1 aliphatic rings. The SMILES string of the molecule is CN(C)Cc1cc(C(O)=CC=C2C=CC(=[N+]([O-])[O-])C=C2)cc(CN(C)C)c1O. The Balaban J connectivity index is 2.36. The number of phenols is 1. The number of aliphatic hydroxyl groups is 1. The molecule has 7 heteroatoms. The number of hydrogen-bond acceptors (Lipinski definition) is 6. The molecule has 2 N–H and O–H groups in total. The predicted octanol–water partition coefficient (Wildman–Crippen LogP) is 2.92. The van der Waals surface area contributed by atoms with E-state index in [0.717, 1.165) is 16.7 Å². The molecule has 0 heterocycles. The summed E-state index contributed by atoms with van der Waals surface area (Å²) >= 11 is 0. The first-order chi connectivity index (χ1) is 13.2. The monoisotopic (exact) mass is 384 g/mol. The Kier molecular flexibility index (Phi) is 7.03. The Hall–Kier alpha value is -3.03. The van der Waals surface area contributed by atoms with Gasteiger partial charge in [0.25, 0.3) is 0 Å². The molecular weight excluding hydrogens is 358 g/mol. The Bertz CT molecular complexity index is 825. The fourth-order valence-corrected chi connectivity index (χ4v) is 2.81. The van der Waals surface area contributed by atoms with Crippen LogP contribution >= 0.6 is 0 Å². The largest absolute Gasteiger partial charge is 0.612 e. The van der Waals surface area contributed by atoms with E-state index in [1.54, 1.807) is 36.4 Å². The first-order valence-corrected chi connectivity index (χ1v) is 8.80. The number of hydrogen-bond donors (Lipinski definition) is 2. The van der Waals surface area contributed by atoms with Gasteiger partial charge in [-0.15, -0.1) is 0 Å². The zero-order valence-corrected chi connectivity index (χ0v) is 16.6. The van der Waals surface area contributed by atoms with Crippen molar-refractivity contribution >= 4 is 11.5 Å². The predicted molar refractivity (Wildman–Crippen MR) is 112 cm³/mol. The molecule has 150 valence electrons. The molecule has 0 bridgehead atoms. The molecule has 0 unspecified atom stereocenters. The number of benzene rings is 1. The van der Waals surface area contributed by atoms with Crippen molar-refractivity contribution in [3.63, 3.8) is 0 Å². The number of rotatable bonds is 6. The zero-order chi connectivity index (χ0) is 20.8. The number of allylic oxidation sites excluding steroid dienone is 7. The lowest BCUT2D eigenvalue weighted by Crippen LogP contribution is -2.14. The Morgan fingerprint density at radius 2 is 1.46 bits per heavy atom. The minimum absolute atomic E-state index is 0.0190. The quantitative estimate of drug-likeness (QED) is 0.445. The van der Waals surface area contributed by atoms with Crippen LogP contribution in [-0.4, -0.2) is 58.8 Å². The minimum atomic E-state index is -0.452. The maximum Gasteiger partial charge on any atom is 0.222 e. The summed E-state index contributed by atoms with van der Waals surface area (Å²) in [5.41, 5.74) is 2.82. The second-order valence-electron chi connectivity index (χ2n) is 7.19. The van der Waals surface area contributed by atoms with E-state index in [-0.39, 0.29) is 17.2 Å². The molecule has 0 aromatic heterocycles. The highest BCUT2D eigenvalue weighted by Gasteiger charge is 2.13. The van der Waals surface area contributed by atoms with E-state index >= 15 is 0 Å². The first kappa shape index (κ1) is 21.3. The summed E-state index contributed by atoms with van der Waals surface area (Å²) in [5.74, 6) is 0.289. The number of phenolic OH excluding ortho intramolecular Hbond substituents is 1. The summed E-state index contributed by atoms with van der Waals surface area (Å²) in [5, 5.41) is 42.5. The van der Waals surface area contributed by atoms with E-state index in [1.165, 1.54) is 12.2 Å². The summed E-state index contributed by atoms with van der Waals surface area (Å²) < 4.78 is 0. The van der Waals surface area contributed by atoms with E-state index in [4.69, 9.17) is 0 Å². The summed E-state index contributed by atoms with van der Waals surface area (Å²) in [6.07, 6.45) is 9.31. The topological polar surface area (TPSA) is 96.1 Å². The van der Waals surface area contributed by atoms with E-state index in [9.17, 15) is 20.6 Å². The minimum Gasteiger partial charge on any atom is -0.612 e. The third-order valence-electron chi connectivity index (χ3n) is 4.07. The van der Waals surface area contributed by atoms with Gasteiger partial charge in [0, 0.05) is 41.9 Å². The van der Waals surface area contributed by atoms with E-state index in [2.05, 4.69) is 0 Å². The number of aliphatic hydroxyl groups excluding tert-OH is 1. The molecule has 0 radical (unpaired) electrons. The summed E-state index contributed by atoms with van der Waals surface area (Å²) in [4.78, 5) is 3.44. The standard InChI is InChI=1S/C21H26N3O4/c1-22(2)13-17-11-16(12-18(21(17)26)14-23(3)4)20(25)10-7-15-5-8-19(9-6-15)24(27)28/h5-12H,13-14H2,1-4H3,(H2-,25,26,27,28)/q-1. The molecule has 0 saturated heterocycles. The van der Waals surface area contributed by atoms with Crippen molar-refractivity contribution < 1.29 is 15.1 Å². The maximum absolute atomic E-state index is 10.7. The van der Waals surface area contributed by atoms with E-state index < -0.39 is 4.90 Å². The van der Waals surface area contributed by atoms with Gasteiger partial charge in [0.15, 0.2) is 0 Å². The highest BCUT2D eigenvalue weighted by molar-refractivity contribution is 6.02. The van der Waals surface area contributed by atoms with Crippen molar-refractivity contribution in [1.29, 1.82) is 0 Å². The lowest BCUT2D eigenvalue weighted by Gasteiger charge is -2.18. The van der Waals surface area contributed by atoms with Crippen molar-refractivity contribution in [3.8, 4) is 5.75 Å². The molecule has 1 aromatic rings. The molecule has 2 rings (SSSR count). The molecule has 0 saturated carbocycles. The molecule has 1 aliphatic carbocycles. The van der Waals surface area contributed by atoms with Gasteiger partial charge in [0.1, 0.15) is 11.5 Å². The van der Waals surface area contributed by atoms with Gasteiger partial charge >= 0.3 is 0 Å². The summed E-state index contributed by atoms with van der Waals surface area (Å²) in [6, 6.07) is 3.54. The van der Waals surface area contributed by atoms with Crippen molar-refractivity contribution in [3.05, 3.63) is 81.3 Å². The third-order valence-corrected chi connectivity index (χ3v) is 4.07. The van der Waals surface area contributed by atoms with Gasteiger partial charge in [0.05, 0.1) is 0 Å². The van der Waals surface area contributed by atoms with Crippen LogP contribution in [0, 0.1) is 10.4 Å². The van der Waals surface area contributed by atoms with Gasteiger partial charge in [-0.25, -0.2) is 0 Å². The number of nitrogens with zero attached hydrogens (tertiary/aromatic N) is 3. The molecule has 0 amide bonds. The smallest absolute Gasteiger partial charge is 0.222 e. The van der Waals surface area contributed by atoms with Crippen LogP contribution < -0.4 is 0 Å². The molecule has 0 atom stereocenters.